The summed E-state index contributed by atoms with van der Waals surface area (Å²) < 4.78 is 5.38. The van der Waals surface area contributed by atoms with Crippen molar-refractivity contribution in [3.8, 4) is 0 Å². The molecule has 0 aromatic carbocycles. The van der Waals surface area contributed by atoms with Crippen molar-refractivity contribution in [3.05, 3.63) is 10.4 Å². The standard InChI is InChI=1S/C10H14N5O5/c11-10-13-7-4(8(19)14-10)12-2-15(7)9-6(18)5(17)3(1-16)20-9/h3,5-6,9,16-18H,1-2H2,(H3,11,13,14,19)/t3-,5-,6-,9-/m1/s1. The number of hydrogen-bond acceptors (Lipinski definition) is 8. The Hall–Kier alpha value is -1.88. The van der Waals surface area contributed by atoms with Gasteiger partial charge in [0.1, 0.15) is 25.0 Å². The molecule has 20 heavy (non-hydrogen) atoms. The molecule has 2 aliphatic heterocycles. The highest BCUT2D eigenvalue weighted by molar-refractivity contribution is 5.65. The second-order valence-electron chi connectivity index (χ2n) is 4.62. The van der Waals surface area contributed by atoms with Gasteiger partial charge in [0.05, 0.1) is 6.61 Å². The summed E-state index contributed by atoms with van der Waals surface area (Å²) >= 11 is 0. The van der Waals surface area contributed by atoms with Gasteiger partial charge in [-0.1, -0.05) is 0 Å². The zero-order valence-corrected chi connectivity index (χ0v) is 10.3. The van der Waals surface area contributed by atoms with Crippen molar-refractivity contribution in [2.75, 3.05) is 23.9 Å². The summed E-state index contributed by atoms with van der Waals surface area (Å²) in [4.78, 5) is 19.4. The van der Waals surface area contributed by atoms with Crippen LogP contribution in [0, 0.1) is 0 Å². The van der Waals surface area contributed by atoms with E-state index in [1.807, 2.05) is 0 Å². The third-order valence-corrected chi connectivity index (χ3v) is 3.37. The number of aromatic nitrogens is 2. The Kier molecular flexibility index (Phi) is 3.01. The number of fused-ring (bicyclic) bond motifs is 1. The number of ether oxygens (including phenoxy) is 1. The fraction of sp³-hybridized carbons (Fsp3) is 0.600. The van der Waals surface area contributed by atoms with Gasteiger partial charge in [0.2, 0.25) is 5.95 Å². The Bertz CT molecular complexity index is 578. The molecule has 1 fully saturated rings. The number of aromatic amines is 1. The minimum Gasteiger partial charge on any atom is -0.394 e. The van der Waals surface area contributed by atoms with Crippen molar-refractivity contribution in [2.24, 2.45) is 0 Å². The third kappa shape index (κ3) is 1.81. The number of nitrogens with two attached hydrogens (primary N) is 1. The van der Waals surface area contributed by atoms with E-state index in [0.29, 0.717) is 0 Å². The predicted octanol–water partition coefficient (Wildman–Crippen LogP) is -3.20. The second-order valence-corrected chi connectivity index (χ2v) is 4.62. The lowest BCUT2D eigenvalue weighted by atomic mass is 10.1. The monoisotopic (exact) mass is 284 g/mol. The minimum atomic E-state index is -1.25. The molecule has 0 saturated carbocycles. The van der Waals surface area contributed by atoms with Crippen LogP contribution < -0.4 is 21.5 Å². The van der Waals surface area contributed by atoms with Gasteiger partial charge < -0.3 is 30.7 Å². The van der Waals surface area contributed by atoms with E-state index in [2.05, 4.69) is 15.3 Å². The largest absolute Gasteiger partial charge is 0.394 e. The molecule has 3 heterocycles. The highest BCUT2D eigenvalue weighted by Gasteiger charge is 2.47. The van der Waals surface area contributed by atoms with Gasteiger partial charge in [0.25, 0.3) is 5.56 Å². The number of rotatable bonds is 2. The zero-order valence-electron chi connectivity index (χ0n) is 10.3. The molecule has 0 spiro atoms. The Morgan fingerprint density at radius 1 is 1.45 bits per heavy atom. The molecule has 10 nitrogen and oxygen atoms in total. The number of nitrogens with zero attached hydrogens (tertiary/aromatic N) is 3. The Balaban J connectivity index is 1.94. The third-order valence-electron chi connectivity index (χ3n) is 3.37. The minimum absolute atomic E-state index is 0.0431. The lowest BCUT2D eigenvalue weighted by Crippen LogP contribution is -2.44. The van der Waals surface area contributed by atoms with Crippen molar-refractivity contribution in [1.82, 2.24) is 15.3 Å². The SMILES string of the molecule is Nc1nc2c(c(=O)[nH]1)[N]CN2[C@@H]1O[C@H](CO)[C@@H](O)[C@H]1O. The van der Waals surface area contributed by atoms with E-state index in [1.54, 1.807) is 0 Å². The van der Waals surface area contributed by atoms with Gasteiger partial charge in [0, 0.05) is 0 Å². The van der Waals surface area contributed by atoms with Gasteiger partial charge in [-0.05, 0) is 0 Å². The summed E-state index contributed by atoms with van der Waals surface area (Å²) in [5.74, 6) is 0.101. The van der Waals surface area contributed by atoms with Crippen LogP contribution in [0.2, 0.25) is 0 Å². The van der Waals surface area contributed by atoms with Crippen LogP contribution in [0.5, 0.6) is 0 Å². The topological polar surface area (TPSA) is 159 Å². The van der Waals surface area contributed by atoms with Crippen LogP contribution in [0.25, 0.3) is 0 Å². The van der Waals surface area contributed by atoms with Crippen LogP contribution in [0.4, 0.5) is 17.5 Å². The van der Waals surface area contributed by atoms with E-state index in [9.17, 15) is 15.0 Å². The highest BCUT2D eigenvalue weighted by atomic mass is 16.6. The number of aliphatic hydroxyl groups excluding tert-OH is 3. The summed E-state index contributed by atoms with van der Waals surface area (Å²) in [5, 5.41) is 32.8. The molecule has 0 bridgehead atoms. The van der Waals surface area contributed by atoms with Crippen LogP contribution in [-0.4, -0.2) is 63.1 Å². The zero-order chi connectivity index (χ0) is 14.4. The first-order chi connectivity index (χ1) is 9.52. The van der Waals surface area contributed by atoms with E-state index >= 15 is 0 Å². The second kappa shape index (κ2) is 4.59. The molecule has 0 amide bonds. The van der Waals surface area contributed by atoms with Crippen molar-refractivity contribution in [2.45, 2.75) is 24.5 Å². The molecule has 0 aliphatic carbocycles. The van der Waals surface area contributed by atoms with Crippen LogP contribution in [0.15, 0.2) is 4.79 Å². The maximum Gasteiger partial charge on any atom is 0.280 e. The fourth-order valence-electron chi connectivity index (χ4n) is 2.37. The molecule has 1 saturated heterocycles. The number of anilines is 2. The van der Waals surface area contributed by atoms with Crippen molar-refractivity contribution < 1.29 is 20.1 Å². The first-order valence-corrected chi connectivity index (χ1v) is 5.99. The lowest BCUT2D eigenvalue weighted by molar-refractivity contribution is -0.0223. The van der Waals surface area contributed by atoms with E-state index in [1.165, 1.54) is 4.90 Å². The molecule has 6 N–H and O–H groups in total. The summed E-state index contributed by atoms with van der Waals surface area (Å²) in [5.41, 5.74) is 5.09. The van der Waals surface area contributed by atoms with E-state index in [-0.39, 0.29) is 24.1 Å². The van der Waals surface area contributed by atoms with Crippen LogP contribution >= 0.6 is 0 Å². The van der Waals surface area contributed by atoms with Crippen molar-refractivity contribution in [1.29, 1.82) is 0 Å². The molecule has 0 unspecified atom stereocenters. The number of aliphatic hydroxyl groups is 3. The van der Waals surface area contributed by atoms with E-state index in [0.717, 1.165) is 0 Å². The number of nitrogens with one attached hydrogen (secondary N) is 1. The number of nitrogen functional groups attached to an aromatic ring is 1. The molecule has 109 valence electrons. The Labute approximate surface area is 112 Å². The van der Waals surface area contributed by atoms with Crippen LogP contribution in [-0.2, 0) is 4.74 Å². The summed E-state index contributed by atoms with van der Waals surface area (Å²) in [6.45, 7) is -0.390. The van der Waals surface area contributed by atoms with Gasteiger partial charge in [-0.2, -0.15) is 4.98 Å². The van der Waals surface area contributed by atoms with Crippen molar-refractivity contribution >= 4 is 17.5 Å². The molecule has 1 aromatic rings. The quantitative estimate of drug-likeness (QED) is 0.380. The van der Waals surface area contributed by atoms with Gasteiger partial charge >= 0.3 is 0 Å². The van der Waals surface area contributed by atoms with Crippen LogP contribution in [0.1, 0.15) is 0 Å². The maximum atomic E-state index is 11.7. The number of H-pyrrole nitrogens is 1. The first kappa shape index (κ1) is 13.1. The van der Waals surface area contributed by atoms with Gasteiger partial charge in [-0.15, -0.1) is 0 Å². The van der Waals surface area contributed by atoms with E-state index in [4.69, 9.17) is 15.6 Å². The molecular formula is C10H14N5O5. The van der Waals surface area contributed by atoms with Crippen LogP contribution in [0.3, 0.4) is 0 Å². The molecular weight excluding hydrogens is 270 g/mol. The fourth-order valence-corrected chi connectivity index (χ4v) is 2.37. The summed E-state index contributed by atoms with van der Waals surface area (Å²) in [7, 11) is 0. The Morgan fingerprint density at radius 2 is 2.20 bits per heavy atom. The molecule has 1 radical (unpaired) electrons. The normalized spacial score (nSPS) is 32.2. The lowest BCUT2D eigenvalue weighted by Gasteiger charge is -2.26. The summed E-state index contributed by atoms with van der Waals surface area (Å²) in [6.07, 6.45) is -4.34. The van der Waals surface area contributed by atoms with Gasteiger partial charge in [-0.25, -0.2) is 0 Å². The van der Waals surface area contributed by atoms with Crippen molar-refractivity contribution in [3.63, 3.8) is 0 Å². The van der Waals surface area contributed by atoms with E-state index < -0.39 is 36.7 Å². The first-order valence-electron chi connectivity index (χ1n) is 5.99. The average Bonchev–Trinajstić information content (AvgIpc) is 2.93. The Morgan fingerprint density at radius 3 is 2.85 bits per heavy atom. The predicted molar refractivity (Wildman–Crippen MR) is 66.2 cm³/mol. The summed E-state index contributed by atoms with van der Waals surface area (Å²) in [6, 6.07) is 0. The van der Waals surface area contributed by atoms with Gasteiger partial charge in [0.15, 0.2) is 17.7 Å². The molecule has 3 rings (SSSR count). The smallest absolute Gasteiger partial charge is 0.280 e. The highest BCUT2D eigenvalue weighted by Crippen LogP contribution is 2.33. The maximum absolute atomic E-state index is 11.7. The molecule has 10 heteroatoms. The van der Waals surface area contributed by atoms with Gasteiger partial charge in [-0.3, -0.25) is 15.1 Å². The average molecular weight is 284 g/mol. The molecule has 2 aliphatic rings. The molecule has 1 aromatic heterocycles. The molecule has 4 atom stereocenters. The number of hydrogen-bond donors (Lipinski definition) is 5.